The van der Waals surface area contributed by atoms with Crippen molar-refractivity contribution in [3.8, 4) is 5.75 Å². The lowest BCUT2D eigenvalue weighted by molar-refractivity contribution is 0.0482. The zero-order chi connectivity index (χ0) is 18.4. The fraction of sp³-hybridized carbons (Fsp3) is 0.250. The molecule has 1 N–H and O–H groups in total. The third-order valence-electron chi connectivity index (χ3n) is 5.18. The Hall–Kier alpha value is -2.93. The van der Waals surface area contributed by atoms with Crippen LogP contribution in [0, 0.1) is 0 Å². The van der Waals surface area contributed by atoms with E-state index in [2.05, 4.69) is 10.3 Å². The molecule has 1 atom stereocenters. The second kappa shape index (κ2) is 6.06. The lowest BCUT2D eigenvalue weighted by Gasteiger charge is -2.34. The van der Waals surface area contributed by atoms with Crippen LogP contribution in [0.4, 0.5) is 10.5 Å². The van der Waals surface area contributed by atoms with Gasteiger partial charge in [-0.1, -0.05) is 12.1 Å². The van der Waals surface area contributed by atoms with Crippen molar-refractivity contribution in [1.82, 2.24) is 9.88 Å². The highest BCUT2D eigenvalue weighted by molar-refractivity contribution is 7.16. The molecule has 1 saturated heterocycles. The van der Waals surface area contributed by atoms with Crippen LogP contribution in [0.2, 0.25) is 0 Å². The standard InChI is InChI=1S/C20H17N3O3S/c24-16-10-20(26-17-4-2-1-3-14(16)17)7-8-23(11-20)19(25)22-13-5-6-15-18(9-13)27-12-21-15/h1-6,9,12H,7-8,10-11H2,(H,22,25). The molecule has 2 amide bonds. The molecule has 1 spiro atoms. The van der Waals surface area contributed by atoms with Crippen molar-refractivity contribution >= 4 is 39.1 Å². The molecule has 2 aliphatic rings. The van der Waals surface area contributed by atoms with Crippen LogP contribution < -0.4 is 10.1 Å². The van der Waals surface area contributed by atoms with E-state index in [9.17, 15) is 9.59 Å². The minimum Gasteiger partial charge on any atom is -0.484 e. The average molecular weight is 379 g/mol. The van der Waals surface area contributed by atoms with E-state index in [1.54, 1.807) is 16.5 Å². The molecule has 5 rings (SSSR count). The van der Waals surface area contributed by atoms with Gasteiger partial charge in [-0.2, -0.15) is 0 Å². The van der Waals surface area contributed by atoms with Gasteiger partial charge in [-0.25, -0.2) is 9.78 Å². The number of rotatable bonds is 1. The largest absolute Gasteiger partial charge is 0.484 e. The number of nitrogens with zero attached hydrogens (tertiary/aromatic N) is 2. The number of carbonyl (C=O) groups excluding carboxylic acids is 2. The number of ketones is 1. The van der Waals surface area contributed by atoms with Crippen LogP contribution >= 0.6 is 11.3 Å². The molecular formula is C20H17N3O3S. The van der Waals surface area contributed by atoms with Gasteiger partial charge in [0.15, 0.2) is 5.78 Å². The Morgan fingerprint density at radius 2 is 2.15 bits per heavy atom. The molecule has 0 aliphatic carbocycles. The second-order valence-corrected chi connectivity index (χ2v) is 7.90. The average Bonchev–Trinajstić information content (AvgIpc) is 3.28. The maximum atomic E-state index is 12.7. The van der Waals surface area contributed by atoms with Gasteiger partial charge in [-0.15, -0.1) is 11.3 Å². The van der Waals surface area contributed by atoms with Crippen LogP contribution in [0.5, 0.6) is 5.75 Å². The molecule has 2 aromatic carbocycles. The number of urea groups is 1. The predicted octanol–water partition coefficient (Wildman–Crippen LogP) is 3.94. The third-order valence-corrected chi connectivity index (χ3v) is 5.97. The number of fused-ring (bicyclic) bond motifs is 2. The van der Waals surface area contributed by atoms with Crippen LogP contribution in [0.3, 0.4) is 0 Å². The normalized spacial score (nSPS) is 21.3. The van der Waals surface area contributed by atoms with Crippen molar-refractivity contribution in [2.75, 3.05) is 18.4 Å². The quantitative estimate of drug-likeness (QED) is 0.695. The molecule has 1 fully saturated rings. The summed E-state index contributed by atoms with van der Waals surface area (Å²) in [6, 6.07) is 12.8. The molecule has 7 heteroatoms. The molecule has 1 aromatic heterocycles. The van der Waals surface area contributed by atoms with Gasteiger partial charge in [0.05, 0.1) is 34.3 Å². The number of para-hydroxylation sites is 1. The van der Waals surface area contributed by atoms with Crippen LogP contribution in [0.1, 0.15) is 23.2 Å². The van der Waals surface area contributed by atoms with Crippen LogP contribution in [-0.4, -0.2) is 40.4 Å². The Kier molecular flexibility index (Phi) is 3.65. The zero-order valence-electron chi connectivity index (χ0n) is 14.5. The molecule has 2 aliphatic heterocycles. The Balaban J connectivity index is 1.32. The van der Waals surface area contributed by atoms with Gasteiger partial charge in [0.25, 0.3) is 0 Å². The summed E-state index contributed by atoms with van der Waals surface area (Å²) in [5.41, 5.74) is 3.46. The van der Waals surface area contributed by atoms with Crippen LogP contribution in [0.25, 0.3) is 10.2 Å². The fourth-order valence-corrected chi connectivity index (χ4v) is 4.54. The van der Waals surface area contributed by atoms with E-state index < -0.39 is 5.60 Å². The molecule has 136 valence electrons. The summed E-state index contributed by atoms with van der Waals surface area (Å²) in [6.45, 7) is 0.964. The number of aromatic nitrogens is 1. The first-order valence-corrected chi connectivity index (χ1v) is 9.70. The SMILES string of the molecule is O=C1CC2(CCN(C(=O)Nc3ccc4ncsc4c3)C2)Oc2ccccc21. The van der Waals surface area contributed by atoms with E-state index in [1.165, 1.54) is 11.3 Å². The zero-order valence-corrected chi connectivity index (χ0v) is 15.3. The number of amides is 2. The van der Waals surface area contributed by atoms with E-state index in [-0.39, 0.29) is 11.8 Å². The predicted molar refractivity (Wildman–Crippen MR) is 104 cm³/mol. The molecule has 0 saturated carbocycles. The maximum absolute atomic E-state index is 12.7. The van der Waals surface area contributed by atoms with Crippen molar-refractivity contribution in [2.24, 2.45) is 0 Å². The number of hydrogen-bond acceptors (Lipinski definition) is 5. The minimum atomic E-state index is -0.621. The first-order valence-electron chi connectivity index (χ1n) is 8.82. The van der Waals surface area contributed by atoms with Crippen molar-refractivity contribution in [2.45, 2.75) is 18.4 Å². The number of anilines is 1. The van der Waals surface area contributed by atoms with Gasteiger partial charge in [0.2, 0.25) is 0 Å². The number of ether oxygens (including phenoxy) is 1. The second-order valence-electron chi connectivity index (χ2n) is 7.02. The van der Waals surface area contributed by atoms with E-state index in [1.807, 2.05) is 36.4 Å². The monoisotopic (exact) mass is 379 g/mol. The summed E-state index contributed by atoms with van der Waals surface area (Å²) in [6.07, 6.45) is 0.953. The topological polar surface area (TPSA) is 71.5 Å². The number of hydrogen-bond donors (Lipinski definition) is 1. The summed E-state index contributed by atoms with van der Waals surface area (Å²) >= 11 is 1.54. The fourth-order valence-electron chi connectivity index (χ4n) is 3.82. The number of benzene rings is 2. The van der Waals surface area contributed by atoms with Gasteiger partial charge < -0.3 is 15.0 Å². The lowest BCUT2D eigenvalue weighted by atomic mass is 9.89. The van der Waals surface area contributed by atoms with Crippen molar-refractivity contribution in [3.05, 3.63) is 53.5 Å². The minimum absolute atomic E-state index is 0.0785. The number of carbonyl (C=O) groups is 2. The van der Waals surface area contributed by atoms with Crippen molar-refractivity contribution in [3.63, 3.8) is 0 Å². The van der Waals surface area contributed by atoms with Gasteiger partial charge in [-0.3, -0.25) is 4.79 Å². The van der Waals surface area contributed by atoms with Crippen molar-refractivity contribution in [1.29, 1.82) is 0 Å². The third kappa shape index (κ3) is 2.84. The highest BCUT2D eigenvalue weighted by atomic mass is 32.1. The summed E-state index contributed by atoms with van der Waals surface area (Å²) in [5, 5.41) is 2.94. The first-order chi connectivity index (χ1) is 13.1. The van der Waals surface area contributed by atoms with E-state index in [4.69, 9.17) is 4.74 Å². The summed E-state index contributed by atoms with van der Waals surface area (Å²) in [7, 11) is 0. The first kappa shape index (κ1) is 16.3. The van der Waals surface area contributed by atoms with Crippen molar-refractivity contribution < 1.29 is 14.3 Å². The maximum Gasteiger partial charge on any atom is 0.321 e. The number of thiazole rings is 1. The molecule has 6 nitrogen and oxygen atoms in total. The molecule has 0 bridgehead atoms. The Bertz CT molecular complexity index is 1060. The van der Waals surface area contributed by atoms with Crippen LogP contribution in [0.15, 0.2) is 48.0 Å². The summed E-state index contributed by atoms with van der Waals surface area (Å²) in [4.78, 5) is 31.2. The highest BCUT2D eigenvalue weighted by Crippen LogP contribution is 2.38. The van der Waals surface area contributed by atoms with Gasteiger partial charge >= 0.3 is 6.03 Å². The number of likely N-dealkylation sites (tertiary alicyclic amines) is 1. The molecule has 0 radical (unpaired) electrons. The van der Waals surface area contributed by atoms with Gasteiger partial charge in [-0.05, 0) is 30.3 Å². The molecule has 3 aromatic rings. The summed E-state index contributed by atoms with van der Waals surface area (Å²) < 4.78 is 7.21. The highest BCUT2D eigenvalue weighted by Gasteiger charge is 2.46. The molecular weight excluding hydrogens is 362 g/mol. The molecule has 1 unspecified atom stereocenters. The molecule has 27 heavy (non-hydrogen) atoms. The Morgan fingerprint density at radius 3 is 3.07 bits per heavy atom. The van der Waals surface area contributed by atoms with Gasteiger partial charge in [0.1, 0.15) is 11.4 Å². The summed E-state index contributed by atoms with van der Waals surface area (Å²) in [5.74, 6) is 0.696. The molecule has 3 heterocycles. The smallest absolute Gasteiger partial charge is 0.321 e. The Morgan fingerprint density at radius 1 is 1.26 bits per heavy atom. The lowest BCUT2D eigenvalue weighted by Crippen LogP contribution is -2.45. The van der Waals surface area contributed by atoms with Crippen LogP contribution in [-0.2, 0) is 0 Å². The Labute approximate surface area is 159 Å². The number of nitrogens with one attached hydrogen (secondary N) is 1. The van der Waals surface area contributed by atoms with E-state index in [0.717, 1.165) is 15.9 Å². The number of Topliss-reactive ketones (excluding diaryl/α,β-unsaturated/α-hetero) is 1. The van der Waals surface area contributed by atoms with E-state index >= 15 is 0 Å². The van der Waals surface area contributed by atoms with Gasteiger partial charge in [0, 0.05) is 18.7 Å². The van der Waals surface area contributed by atoms with E-state index in [0.29, 0.717) is 37.2 Å².